The zero-order chi connectivity index (χ0) is 17.8. The molecule has 3 rings (SSSR count). The molecule has 0 aliphatic heterocycles. The highest BCUT2D eigenvalue weighted by Gasteiger charge is 2.22. The molecule has 0 bridgehead atoms. The SMILES string of the molecule is C=CCCc1ccc(-c2ccc(C3CCC(C)CC3)c(F)c2)cc1F. The summed E-state index contributed by atoms with van der Waals surface area (Å²) in [7, 11) is 0. The lowest BCUT2D eigenvalue weighted by molar-refractivity contribution is 0.342. The summed E-state index contributed by atoms with van der Waals surface area (Å²) in [4.78, 5) is 0. The van der Waals surface area contributed by atoms with E-state index in [1.807, 2.05) is 18.2 Å². The highest BCUT2D eigenvalue weighted by atomic mass is 19.1. The molecule has 1 saturated carbocycles. The van der Waals surface area contributed by atoms with Crippen molar-refractivity contribution in [2.45, 2.75) is 51.4 Å². The Kier molecular flexibility index (Phi) is 5.67. The van der Waals surface area contributed by atoms with Crippen LogP contribution in [0.3, 0.4) is 0 Å². The molecule has 0 aromatic heterocycles. The topological polar surface area (TPSA) is 0 Å². The minimum Gasteiger partial charge on any atom is -0.207 e. The monoisotopic (exact) mass is 340 g/mol. The molecule has 2 aromatic carbocycles. The number of allylic oxidation sites excluding steroid dienone is 1. The van der Waals surface area contributed by atoms with Gasteiger partial charge in [0.25, 0.3) is 0 Å². The fourth-order valence-corrected chi connectivity index (χ4v) is 3.80. The molecule has 0 spiro atoms. The molecule has 0 radical (unpaired) electrons. The van der Waals surface area contributed by atoms with Crippen LogP contribution in [0.2, 0.25) is 0 Å². The first-order chi connectivity index (χ1) is 12.1. The molecule has 0 heterocycles. The van der Waals surface area contributed by atoms with E-state index in [2.05, 4.69) is 13.5 Å². The largest absolute Gasteiger partial charge is 0.207 e. The van der Waals surface area contributed by atoms with Gasteiger partial charge in [-0.3, -0.25) is 0 Å². The van der Waals surface area contributed by atoms with E-state index in [-0.39, 0.29) is 11.6 Å². The maximum atomic E-state index is 14.7. The van der Waals surface area contributed by atoms with Crippen LogP contribution in [0.15, 0.2) is 49.1 Å². The predicted octanol–water partition coefficient (Wildman–Crippen LogP) is 7.04. The Morgan fingerprint density at radius 2 is 1.60 bits per heavy atom. The second-order valence-corrected chi connectivity index (χ2v) is 7.33. The van der Waals surface area contributed by atoms with Crippen molar-refractivity contribution in [3.05, 3.63) is 71.8 Å². The van der Waals surface area contributed by atoms with Gasteiger partial charge in [-0.2, -0.15) is 0 Å². The van der Waals surface area contributed by atoms with Gasteiger partial charge in [0, 0.05) is 0 Å². The Labute approximate surface area is 149 Å². The molecule has 0 nitrogen and oxygen atoms in total. The van der Waals surface area contributed by atoms with Crippen molar-refractivity contribution >= 4 is 0 Å². The lowest BCUT2D eigenvalue weighted by Crippen LogP contribution is -2.12. The average molecular weight is 340 g/mol. The van der Waals surface area contributed by atoms with Crippen LogP contribution in [0, 0.1) is 17.6 Å². The third kappa shape index (κ3) is 4.18. The second-order valence-electron chi connectivity index (χ2n) is 7.33. The zero-order valence-electron chi connectivity index (χ0n) is 14.9. The van der Waals surface area contributed by atoms with Crippen LogP contribution in [0.25, 0.3) is 11.1 Å². The molecular formula is C23H26F2. The normalized spacial score (nSPS) is 20.4. The summed E-state index contributed by atoms with van der Waals surface area (Å²) in [6.45, 7) is 5.93. The van der Waals surface area contributed by atoms with Crippen LogP contribution in [0.4, 0.5) is 8.78 Å². The Hall–Kier alpha value is -1.96. The van der Waals surface area contributed by atoms with E-state index in [9.17, 15) is 8.78 Å². The maximum absolute atomic E-state index is 14.7. The maximum Gasteiger partial charge on any atom is 0.127 e. The van der Waals surface area contributed by atoms with Crippen LogP contribution < -0.4 is 0 Å². The van der Waals surface area contributed by atoms with Crippen LogP contribution in [0.5, 0.6) is 0 Å². The summed E-state index contributed by atoms with van der Waals surface area (Å²) in [6, 6.07) is 10.6. The molecule has 132 valence electrons. The van der Waals surface area contributed by atoms with Gasteiger partial charge in [0.15, 0.2) is 0 Å². The van der Waals surface area contributed by atoms with E-state index in [1.54, 1.807) is 18.2 Å². The minimum absolute atomic E-state index is 0.159. The van der Waals surface area contributed by atoms with Crippen molar-refractivity contribution < 1.29 is 8.78 Å². The van der Waals surface area contributed by atoms with E-state index in [4.69, 9.17) is 0 Å². The van der Waals surface area contributed by atoms with E-state index < -0.39 is 0 Å². The van der Waals surface area contributed by atoms with Crippen molar-refractivity contribution in [1.82, 2.24) is 0 Å². The molecule has 0 N–H and O–H groups in total. The minimum atomic E-state index is -0.231. The van der Waals surface area contributed by atoms with E-state index in [0.717, 1.165) is 41.9 Å². The van der Waals surface area contributed by atoms with E-state index in [1.165, 1.54) is 18.9 Å². The first-order valence-electron chi connectivity index (χ1n) is 9.27. The first-order valence-corrected chi connectivity index (χ1v) is 9.27. The van der Waals surface area contributed by atoms with Crippen molar-refractivity contribution in [2.75, 3.05) is 0 Å². The second kappa shape index (κ2) is 7.95. The van der Waals surface area contributed by atoms with Crippen LogP contribution in [0.1, 0.15) is 56.1 Å². The summed E-state index contributed by atoms with van der Waals surface area (Å²) < 4.78 is 28.9. The van der Waals surface area contributed by atoms with Gasteiger partial charge in [-0.25, -0.2) is 8.78 Å². The molecule has 1 fully saturated rings. The molecule has 0 saturated heterocycles. The Morgan fingerprint density at radius 1 is 0.960 bits per heavy atom. The third-order valence-electron chi connectivity index (χ3n) is 5.46. The first kappa shape index (κ1) is 17.8. The van der Waals surface area contributed by atoms with Gasteiger partial charge in [-0.05, 0) is 71.9 Å². The van der Waals surface area contributed by atoms with Gasteiger partial charge in [0.05, 0.1) is 0 Å². The zero-order valence-corrected chi connectivity index (χ0v) is 14.9. The lowest BCUT2D eigenvalue weighted by atomic mass is 9.79. The molecule has 1 aliphatic carbocycles. The predicted molar refractivity (Wildman–Crippen MR) is 101 cm³/mol. The highest BCUT2D eigenvalue weighted by molar-refractivity contribution is 5.64. The van der Waals surface area contributed by atoms with E-state index in [0.29, 0.717) is 17.9 Å². The Morgan fingerprint density at radius 3 is 2.20 bits per heavy atom. The standard InChI is InChI=1S/C23H26F2/c1-3-4-5-18-10-11-19(14-22(18)24)20-12-13-21(23(25)15-20)17-8-6-16(2)7-9-17/h3,10-17H,1,4-9H2,2H3. The van der Waals surface area contributed by atoms with Gasteiger partial charge in [-0.15, -0.1) is 6.58 Å². The fraction of sp³-hybridized carbons (Fsp3) is 0.391. The summed E-state index contributed by atoms with van der Waals surface area (Å²) in [5, 5.41) is 0. The molecule has 1 aliphatic rings. The quantitative estimate of drug-likeness (QED) is 0.512. The highest BCUT2D eigenvalue weighted by Crippen LogP contribution is 2.37. The number of hydrogen-bond donors (Lipinski definition) is 0. The van der Waals surface area contributed by atoms with E-state index >= 15 is 0 Å². The number of rotatable bonds is 5. The van der Waals surface area contributed by atoms with Gasteiger partial charge >= 0.3 is 0 Å². The van der Waals surface area contributed by atoms with Crippen LogP contribution >= 0.6 is 0 Å². The van der Waals surface area contributed by atoms with Gasteiger partial charge in [0.1, 0.15) is 11.6 Å². The summed E-state index contributed by atoms with van der Waals surface area (Å²) in [6.07, 6.45) is 7.64. The van der Waals surface area contributed by atoms with Crippen LogP contribution in [-0.2, 0) is 6.42 Å². The number of halogens is 2. The molecule has 25 heavy (non-hydrogen) atoms. The molecule has 0 amide bonds. The summed E-state index contributed by atoms with van der Waals surface area (Å²) in [5.41, 5.74) is 2.96. The molecule has 2 aromatic rings. The lowest BCUT2D eigenvalue weighted by Gasteiger charge is -2.26. The number of hydrogen-bond acceptors (Lipinski definition) is 0. The van der Waals surface area contributed by atoms with Crippen LogP contribution in [-0.4, -0.2) is 0 Å². The average Bonchev–Trinajstić information content (AvgIpc) is 2.61. The van der Waals surface area contributed by atoms with Crippen molar-refractivity contribution in [1.29, 1.82) is 0 Å². The third-order valence-corrected chi connectivity index (χ3v) is 5.46. The molecule has 2 heteroatoms. The van der Waals surface area contributed by atoms with Crippen molar-refractivity contribution in [3.8, 4) is 11.1 Å². The molecule has 0 unspecified atom stereocenters. The molecule has 0 atom stereocenters. The van der Waals surface area contributed by atoms with Gasteiger partial charge in [0.2, 0.25) is 0 Å². The van der Waals surface area contributed by atoms with Crippen molar-refractivity contribution in [3.63, 3.8) is 0 Å². The van der Waals surface area contributed by atoms with Gasteiger partial charge < -0.3 is 0 Å². The smallest absolute Gasteiger partial charge is 0.127 e. The Bertz CT molecular complexity index is 740. The fourth-order valence-electron chi connectivity index (χ4n) is 3.80. The molecular weight excluding hydrogens is 314 g/mol. The van der Waals surface area contributed by atoms with Crippen molar-refractivity contribution in [2.24, 2.45) is 5.92 Å². The number of aryl methyl sites for hydroxylation is 1. The summed E-state index contributed by atoms with van der Waals surface area (Å²) >= 11 is 0. The Balaban J connectivity index is 1.80. The number of benzene rings is 2. The summed E-state index contributed by atoms with van der Waals surface area (Å²) in [5.74, 6) is 0.683. The van der Waals surface area contributed by atoms with Gasteiger partial charge in [-0.1, -0.05) is 50.1 Å².